The number of halogens is 1. The Morgan fingerprint density at radius 3 is 2.53 bits per heavy atom. The molecule has 0 N–H and O–H groups in total. The van der Waals surface area contributed by atoms with Crippen molar-refractivity contribution in [2.75, 3.05) is 25.8 Å². The van der Waals surface area contributed by atoms with Crippen molar-refractivity contribution in [3.05, 3.63) is 70.4 Å². The average molecular weight is 483 g/mol. The van der Waals surface area contributed by atoms with E-state index in [1.807, 2.05) is 6.07 Å². The number of nitrogens with zero attached hydrogens (tertiary/aromatic N) is 4. The molecular weight excluding hydrogens is 460 g/mol. The van der Waals surface area contributed by atoms with Crippen LogP contribution in [0.4, 0.5) is 5.69 Å². The number of hydrogen-bond acceptors (Lipinski definition) is 9. The number of anilines is 1. The second kappa shape index (κ2) is 9.56. The summed E-state index contributed by atoms with van der Waals surface area (Å²) >= 11 is 6.21. The maximum absolute atomic E-state index is 13.0. The third-order valence-corrected chi connectivity index (χ3v) is 5.58. The molecule has 10 heteroatoms. The number of hydrogen-bond donors (Lipinski definition) is 0. The Bertz CT molecular complexity index is 1240. The summed E-state index contributed by atoms with van der Waals surface area (Å²) in [6.45, 7) is 3.57. The van der Waals surface area contributed by atoms with Gasteiger partial charge in [-0.1, -0.05) is 29.8 Å². The molecule has 0 amide bonds. The minimum absolute atomic E-state index is 0.0256. The fourth-order valence-electron chi connectivity index (χ4n) is 3.87. The van der Waals surface area contributed by atoms with E-state index in [0.717, 1.165) is 0 Å². The molecule has 0 aliphatic carbocycles. The number of rotatable bonds is 6. The van der Waals surface area contributed by atoms with Gasteiger partial charge in [0, 0.05) is 5.02 Å². The van der Waals surface area contributed by atoms with Gasteiger partial charge in [0.15, 0.2) is 0 Å². The van der Waals surface area contributed by atoms with Crippen molar-refractivity contribution in [3.8, 4) is 5.75 Å². The number of ether oxygens (including phenoxy) is 3. The number of methoxy groups -OCH3 is 2. The number of aliphatic imine (C=N–C) groups is 1. The van der Waals surface area contributed by atoms with E-state index >= 15 is 0 Å². The zero-order valence-electron chi connectivity index (χ0n) is 19.1. The van der Waals surface area contributed by atoms with Gasteiger partial charge >= 0.3 is 11.9 Å². The van der Waals surface area contributed by atoms with Crippen molar-refractivity contribution < 1.29 is 23.8 Å². The monoisotopic (exact) mass is 482 g/mol. The topological polar surface area (TPSA) is 93.0 Å². The summed E-state index contributed by atoms with van der Waals surface area (Å²) in [5, 5.41) is 6.53. The van der Waals surface area contributed by atoms with Gasteiger partial charge in [-0.25, -0.2) is 14.6 Å². The smallest absolute Gasteiger partial charge is 0.376 e. The zero-order chi connectivity index (χ0) is 24.4. The first-order valence-corrected chi connectivity index (χ1v) is 10.9. The molecule has 2 heterocycles. The summed E-state index contributed by atoms with van der Waals surface area (Å²) in [5.74, 6) is -0.344. The summed E-state index contributed by atoms with van der Waals surface area (Å²) in [5.41, 5.74) is 1.97. The zero-order valence-corrected chi connectivity index (χ0v) is 19.9. The number of guanidine groups is 1. The summed E-state index contributed by atoms with van der Waals surface area (Å²) in [4.78, 5) is 32.1. The number of fused-ring (bicyclic) bond motifs is 1. The first-order valence-electron chi connectivity index (χ1n) is 10.5. The predicted octanol–water partition coefficient (Wildman–Crippen LogP) is 3.91. The van der Waals surface area contributed by atoms with Gasteiger partial charge in [0.25, 0.3) is 0 Å². The summed E-state index contributed by atoms with van der Waals surface area (Å²) in [6, 6.07) is 13.4. The van der Waals surface area contributed by atoms with E-state index in [4.69, 9.17) is 25.8 Å². The van der Waals surface area contributed by atoms with E-state index in [-0.39, 0.29) is 18.0 Å². The van der Waals surface area contributed by atoms with Crippen molar-refractivity contribution in [2.24, 2.45) is 10.1 Å². The first-order chi connectivity index (χ1) is 16.4. The number of hydrazone groups is 1. The number of esters is 2. The van der Waals surface area contributed by atoms with E-state index < -0.39 is 18.0 Å². The molecule has 2 aliphatic rings. The molecule has 2 aliphatic heterocycles. The number of benzene rings is 2. The molecule has 0 saturated heterocycles. The van der Waals surface area contributed by atoms with Crippen LogP contribution in [0, 0.1) is 0 Å². The maximum Gasteiger partial charge on any atom is 0.376 e. The van der Waals surface area contributed by atoms with Crippen LogP contribution in [0.2, 0.25) is 5.02 Å². The fraction of sp³-hybridized carbons (Fsp3) is 0.250. The molecule has 0 saturated carbocycles. The van der Waals surface area contributed by atoms with Crippen LogP contribution in [0.25, 0.3) is 0 Å². The molecule has 34 heavy (non-hydrogen) atoms. The molecule has 4 rings (SSSR count). The van der Waals surface area contributed by atoms with Crippen molar-refractivity contribution in [2.45, 2.75) is 19.9 Å². The van der Waals surface area contributed by atoms with E-state index in [0.29, 0.717) is 33.7 Å². The third kappa shape index (κ3) is 4.10. The van der Waals surface area contributed by atoms with Crippen LogP contribution < -0.4 is 9.75 Å². The van der Waals surface area contributed by atoms with Gasteiger partial charge < -0.3 is 14.2 Å². The average Bonchev–Trinajstić information content (AvgIpc) is 3.22. The van der Waals surface area contributed by atoms with Crippen LogP contribution in [0.15, 0.2) is 69.9 Å². The largest absolute Gasteiger partial charge is 0.497 e. The molecule has 1 atom stereocenters. The molecule has 0 fully saturated rings. The highest BCUT2D eigenvalue weighted by Gasteiger charge is 2.47. The fourth-order valence-corrected chi connectivity index (χ4v) is 4.06. The molecule has 0 spiro atoms. The number of amidine groups is 1. The lowest BCUT2D eigenvalue weighted by Gasteiger charge is -2.35. The van der Waals surface area contributed by atoms with Crippen molar-refractivity contribution in [3.63, 3.8) is 0 Å². The van der Waals surface area contributed by atoms with Crippen LogP contribution in [0.1, 0.15) is 25.5 Å². The highest BCUT2D eigenvalue weighted by molar-refractivity contribution is 6.41. The van der Waals surface area contributed by atoms with Crippen LogP contribution in [-0.2, 0) is 19.1 Å². The minimum atomic E-state index is -0.776. The third-order valence-electron chi connectivity index (χ3n) is 5.34. The van der Waals surface area contributed by atoms with Crippen LogP contribution in [0.5, 0.6) is 5.75 Å². The molecule has 176 valence electrons. The van der Waals surface area contributed by atoms with Crippen molar-refractivity contribution in [1.29, 1.82) is 0 Å². The molecule has 0 unspecified atom stereocenters. The second-order valence-electron chi connectivity index (χ2n) is 7.39. The van der Waals surface area contributed by atoms with Gasteiger partial charge in [-0.15, -0.1) is 5.10 Å². The Balaban J connectivity index is 1.95. The highest BCUT2D eigenvalue weighted by atomic mass is 35.5. The number of allylic oxidation sites excluding steroid dienone is 1. The van der Waals surface area contributed by atoms with E-state index in [1.165, 1.54) is 12.1 Å². The Kier molecular flexibility index (Phi) is 6.56. The predicted molar refractivity (Wildman–Crippen MR) is 128 cm³/mol. The standard InChI is InChI=1S/C24H23ClN4O5/c1-5-34-23(31)21-27-29(17-10-7-9-16(25)13-17)24-26-14(2)19(22(30)33-4)20(28(21)24)15-8-6-11-18(12-15)32-3/h6-13,20H,5H2,1-4H3/t20-/m1/s1. The van der Waals surface area contributed by atoms with Gasteiger partial charge in [0.2, 0.25) is 11.8 Å². The van der Waals surface area contributed by atoms with Crippen LogP contribution >= 0.6 is 11.6 Å². The summed E-state index contributed by atoms with van der Waals surface area (Å²) < 4.78 is 15.8. The van der Waals surface area contributed by atoms with E-state index in [1.54, 1.807) is 68.3 Å². The Morgan fingerprint density at radius 1 is 1.09 bits per heavy atom. The Labute approximate surface area is 201 Å². The van der Waals surface area contributed by atoms with Crippen molar-refractivity contribution >= 4 is 41.0 Å². The maximum atomic E-state index is 13.0. The van der Waals surface area contributed by atoms with Crippen LogP contribution in [0.3, 0.4) is 0 Å². The molecule has 0 bridgehead atoms. The molecule has 2 aromatic rings. The molecule has 9 nitrogen and oxygen atoms in total. The van der Waals surface area contributed by atoms with E-state index in [9.17, 15) is 9.59 Å². The van der Waals surface area contributed by atoms with Gasteiger partial charge in [0.05, 0.1) is 43.8 Å². The lowest BCUT2D eigenvalue weighted by Crippen LogP contribution is -2.47. The van der Waals surface area contributed by atoms with Gasteiger partial charge in [-0.2, -0.15) is 5.01 Å². The lowest BCUT2D eigenvalue weighted by molar-refractivity contribution is -0.138. The van der Waals surface area contributed by atoms with E-state index in [2.05, 4.69) is 10.1 Å². The summed E-state index contributed by atoms with van der Waals surface area (Å²) in [7, 11) is 2.85. The first kappa shape index (κ1) is 23.3. The molecule has 2 aromatic carbocycles. The van der Waals surface area contributed by atoms with Crippen molar-refractivity contribution in [1.82, 2.24) is 4.90 Å². The SMILES string of the molecule is CCOC(=O)C1=NN(c2cccc(Cl)c2)C2=NC(C)=C(C(=O)OC)[C@@H](c3cccc(OC)c3)N12. The minimum Gasteiger partial charge on any atom is -0.497 e. The molecule has 0 radical (unpaired) electrons. The molecule has 0 aromatic heterocycles. The summed E-state index contributed by atoms with van der Waals surface area (Å²) in [6.07, 6.45) is 0. The normalized spacial score (nSPS) is 17.1. The second-order valence-corrected chi connectivity index (χ2v) is 7.82. The van der Waals surface area contributed by atoms with Gasteiger partial charge in [0.1, 0.15) is 5.75 Å². The highest BCUT2D eigenvalue weighted by Crippen LogP contribution is 2.41. The number of carbonyl (C=O) groups excluding carboxylic acids is 2. The van der Waals surface area contributed by atoms with Gasteiger partial charge in [-0.3, -0.25) is 4.90 Å². The van der Waals surface area contributed by atoms with Crippen LogP contribution in [-0.4, -0.2) is 49.5 Å². The number of carbonyl (C=O) groups is 2. The Hall–Kier alpha value is -3.85. The quantitative estimate of drug-likeness (QED) is 0.576. The van der Waals surface area contributed by atoms with Gasteiger partial charge in [-0.05, 0) is 49.7 Å². The molecular formula is C24H23ClN4O5. The lowest BCUT2D eigenvalue weighted by atomic mass is 9.94. The Morgan fingerprint density at radius 2 is 1.85 bits per heavy atom.